The van der Waals surface area contributed by atoms with Crippen LogP contribution in [0.3, 0.4) is 0 Å². The molecule has 1 unspecified atom stereocenters. The van der Waals surface area contributed by atoms with Gasteiger partial charge in [-0.25, -0.2) is 0 Å². The van der Waals surface area contributed by atoms with Crippen LogP contribution in [0.5, 0.6) is 0 Å². The highest BCUT2D eigenvalue weighted by atomic mass is 14.2. The summed E-state index contributed by atoms with van der Waals surface area (Å²) in [5.41, 5.74) is 0. The minimum atomic E-state index is 1.00. The van der Waals surface area contributed by atoms with Gasteiger partial charge in [0.05, 0.1) is 0 Å². The van der Waals surface area contributed by atoms with E-state index in [4.69, 9.17) is 0 Å². The Kier molecular flexibility index (Phi) is 11.5. The van der Waals surface area contributed by atoms with E-state index in [-0.39, 0.29) is 0 Å². The highest BCUT2D eigenvalue weighted by Crippen LogP contribution is 2.32. The molecule has 120 valence electrons. The topological polar surface area (TPSA) is 0 Å². The van der Waals surface area contributed by atoms with E-state index in [1.54, 1.807) is 0 Å². The zero-order valence-corrected chi connectivity index (χ0v) is 14.5. The molecule has 1 aliphatic carbocycles. The Labute approximate surface area is 129 Å². The predicted molar refractivity (Wildman–Crippen MR) is 92.2 cm³/mol. The van der Waals surface area contributed by atoms with Crippen molar-refractivity contribution in [2.45, 2.75) is 117 Å². The summed E-state index contributed by atoms with van der Waals surface area (Å²) in [4.78, 5) is 0. The molecule has 0 saturated heterocycles. The molecule has 0 heterocycles. The first-order valence-corrected chi connectivity index (χ1v) is 9.84. The van der Waals surface area contributed by atoms with Gasteiger partial charge in [-0.1, -0.05) is 117 Å². The van der Waals surface area contributed by atoms with Gasteiger partial charge in [-0.2, -0.15) is 0 Å². The molecule has 0 nitrogen and oxygen atoms in total. The van der Waals surface area contributed by atoms with Gasteiger partial charge in [0.25, 0.3) is 0 Å². The predicted octanol–water partition coefficient (Wildman–Crippen LogP) is 7.51. The highest BCUT2D eigenvalue weighted by molar-refractivity contribution is 4.71. The standard InChI is InChI=1S/C20H40/c1-3-4-5-6-7-8-9-10-11-13-16-19(2)20-17-14-12-15-18-20/h19-20H,3-18H2,1-2H3. The number of rotatable bonds is 12. The lowest BCUT2D eigenvalue weighted by Crippen LogP contribution is -2.15. The highest BCUT2D eigenvalue weighted by Gasteiger charge is 2.19. The normalized spacial score (nSPS) is 18.3. The zero-order chi connectivity index (χ0) is 14.5. The molecule has 1 aliphatic rings. The van der Waals surface area contributed by atoms with Crippen LogP contribution in [0.25, 0.3) is 0 Å². The first-order chi connectivity index (χ1) is 9.84. The summed E-state index contributed by atoms with van der Waals surface area (Å²) in [6.45, 7) is 4.82. The zero-order valence-electron chi connectivity index (χ0n) is 14.5. The van der Waals surface area contributed by atoms with Gasteiger partial charge in [0, 0.05) is 0 Å². The largest absolute Gasteiger partial charge is 0.0654 e. The third kappa shape index (κ3) is 9.03. The van der Waals surface area contributed by atoms with Crippen LogP contribution in [0, 0.1) is 11.8 Å². The monoisotopic (exact) mass is 280 g/mol. The summed E-state index contributed by atoms with van der Waals surface area (Å²) in [6, 6.07) is 0. The molecule has 20 heavy (non-hydrogen) atoms. The summed E-state index contributed by atoms with van der Waals surface area (Å²) >= 11 is 0. The average Bonchev–Trinajstić information content (AvgIpc) is 2.50. The molecule has 0 amide bonds. The van der Waals surface area contributed by atoms with E-state index in [0.29, 0.717) is 0 Å². The van der Waals surface area contributed by atoms with E-state index in [9.17, 15) is 0 Å². The fourth-order valence-electron chi connectivity index (χ4n) is 3.89. The van der Waals surface area contributed by atoms with Crippen LogP contribution in [0.1, 0.15) is 117 Å². The first-order valence-electron chi connectivity index (χ1n) is 9.84. The molecule has 0 spiro atoms. The summed E-state index contributed by atoms with van der Waals surface area (Å²) in [6.07, 6.45) is 23.8. The molecule has 0 heteroatoms. The van der Waals surface area contributed by atoms with Crippen LogP contribution in [0.15, 0.2) is 0 Å². The second kappa shape index (κ2) is 12.7. The molecule has 0 radical (unpaired) electrons. The van der Waals surface area contributed by atoms with Crippen molar-refractivity contribution in [3.63, 3.8) is 0 Å². The molecular weight excluding hydrogens is 240 g/mol. The van der Waals surface area contributed by atoms with Crippen LogP contribution < -0.4 is 0 Å². The quantitative estimate of drug-likeness (QED) is 0.324. The smallest absolute Gasteiger partial charge is 0.0388 e. The Morgan fingerprint density at radius 2 is 1.20 bits per heavy atom. The molecule has 0 aromatic carbocycles. The lowest BCUT2D eigenvalue weighted by Gasteiger charge is -2.27. The van der Waals surface area contributed by atoms with Crippen molar-refractivity contribution in [2.75, 3.05) is 0 Å². The molecule has 0 N–H and O–H groups in total. The van der Waals surface area contributed by atoms with Crippen LogP contribution in [-0.4, -0.2) is 0 Å². The Hall–Kier alpha value is 0. The summed E-state index contributed by atoms with van der Waals surface area (Å²) in [7, 11) is 0. The Balaban J connectivity index is 1.82. The minimum absolute atomic E-state index is 1.00. The van der Waals surface area contributed by atoms with Gasteiger partial charge in [0.15, 0.2) is 0 Å². The molecule has 1 rings (SSSR count). The van der Waals surface area contributed by atoms with Gasteiger partial charge in [-0.15, -0.1) is 0 Å². The number of unbranched alkanes of at least 4 members (excludes halogenated alkanes) is 9. The SMILES string of the molecule is CCCCCCCCCCCCC(C)C1CCCCC1. The second-order valence-corrected chi connectivity index (χ2v) is 7.35. The maximum absolute atomic E-state index is 2.52. The molecule has 1 saturated carbocycles. The van der Waals surface area contributed by atoms with Crippen molar-refractivity contribution in [2.24, 2.45) is 11.8 Å². The van der Waals surface area contributed by atoms with Gasteiger partial charge in [0.1, 0.15) is 0 Å². The second-order valence-electron chi connectivity index (χ2n) is 7.35. The number of hydrogen-bond donors (Lipinski definition) is 0. The van der Waals surface area contributed by atoms with Crippen molar-refractivity contribution in [1.82, 2.24) is 0 Å². The van der Waals surface area contributed by atoms with Crippen LogP contribution >= 0.6 is 0 Å². The van der Waals surface area contributed by atoms with Crippen molar-refractivity contribution < 1.29 is 0 Å². The fraction of sp³-hybridized carbons (Fsp3) is 1.00. The first kappa shape index (κ1) is 18.1. The van der Waals surface area contributed by atoms with Gasteiger partial charge in [-0.05, 0) is 11.8 Å². The Morgan fingerprint density at radius 3 is 1.75 bits per heavy atom. The van der Waals surface area contributed by atoms with Gasteiger partial charge in [0.2, 0.25) is 0 Å². The van der Waals surface area contributed by atoms with Gasteiger partial charge < -0.3 is 0 Å². The lowest BCUT2D eigenvalue weighted by atomic mass is 9.79. The molecule has 0 aromatic heterocycles. The maximum Gasteiger partial charge on any atom is -0.0388 e. The molecule has 1 atom stereocenters. The summed E-state index contributed by atoms with van der Waals surface area (Å²) in [5.74, 6) is 2.08. The van der Waals surface area contributed by atoms with Crippen molar-refractivity contribution >= 4 is 0 Å². The Morgan fingerprint density at radius 1 is 0.700 bits per heavy atom. The molecule has 0 bridgehead atoms. The van der Waals surface area contributed by atoms with Gasteiger partial charge in [-0.3, -0.25) is 0 Å². The third-order valence-corrected chi connectivity index (χ3v) is 5.47. The minimum Gasteiger partial charge on any atom is -0.0654 e. The van der Waals surface area contributed by atoms with Crippen molar-refractivity contribution in [1.29, 1.82) is 0 Å². The summed E-state index contributed by atoms with van der Waals surface area (Å²) < 4.78 is 0. The average molecular weight is 281 g/mol. The van der Waals surface area contributed by atoms with Crippen LogP contribution in [-0.2, 0) is 0 Å². The summed E-state index contributed by atoms with van der Waals surface area (Å²) in [5, 5.41) is 0. The molecule has 0 aliphatic heterocycles. The van der Waals surface area contributed by atoms with Gasteiger partial charge >= 0.3 is 0 Å². The van der Waals surface area contributed by atoms with E-state index in [2.05, 4.69) is 13.8 Å². The van der Waals surface area contributed by atoms with E-state index >= 15 is 0 Å². The van der Waals surface area contributed by atoms with Crippen LogP contribution in [0.2, 0.25) is 0 Å². The van der Waals surface area contributed by atoms with E-state index in [1.165, 1.54) is 103 Å². The third-order valence-electron chi connectivity index (χ3n) is 5.47. The number of hydrogen-bond acceptors (Lipinski definition) is 0. The van der Waals surface area contributed by atoms with E-state index in [0.717, 1.165) is 11.8 Å². The Bertz CT molecular complexity index is 190. The lowest BCUT2D eigenvalue weighted by molar-refractivity contribution is 0.247. The fourth-order valence-corrected chi connectivity index (χ4v) is 3.89. The van der Waals surface area contributed by atoms with Crippen molar-refractivity contribution in [3.05, 3.63) is 0 Å². The molecule has 0 aromatic rings. The molecular formula is C20H40. The molecule has 1 fully saturated rings. The van der Waals surface area contributed by atoms with Crippen LogP contribution in [0.4, 0.5) is 0 Å². The maximum atomic E-state index is 2.52. The van der Waals surface area contributed by atoms with E-state index in [1.807, 2.05) is 0 Å². The van der Waals surface area contributed by atoms with Crippen molar-refractivity contribution in [3.8, 4) is 0 Å². The van der Waals surface area contributed by atoms with E-state index < -0.39 is 0 Å².